The van der Waals surface area contributed by atoms with Crippen LogP contribution in [0, 0.1) is 0 Å². The summed E-state index contributed by atoms with van der Waals surface area (Å²) in [6.45, 7) is -0.334. The summed E-state index contributed by atoms with van der Waals surface area (Å²) in [5.41, 5.74) is 1.02. The van der Waals surface area contributed by atoms with Crippen LogP contribution in [0.1, 0.15) is 0 Å². The molecule has 1 aromatic carbocycles. The van der Waals surface area contributed by atoms with E-state index in [2.05, 4.69) is 9.97 Å². The summed E-state index contributed by atoms with van der Waals surface area (Å²) >= 11 is 0. The van der Waals surface area contributed by atoms with Crippen LogP contribution in [-0.2, 0) is 0 Å². The van der Waals surface area contributed by atoms with Gasteiger partial charge in [-0.1, -0.05) is 6.07 Å². The molecule has 0 fully saturated rings. The van der Waals surface area contributed by atoms with E-state index in [0.717, 1.165) is 27.5 Å². The van der Waals surface area contributed by atoms with Crippen molar-refractivity contribution in [3.8, 4) is 11.6 Å². The lowest BCUT2D eigenvalue weighted by atomic mass is 10.1. The molecule has 0 aliphatic rings. The molecule has 4 rings (SSSR count). The Labute approximate surface area is 126 Å². The summed E-state index contributed by atoms with van der Waals surface area (Å²) in [6, 6.07) is 11.7. The first-order valence-corrected chi connectivity index (χ1v) is 6.90. The number of rotatable bonds is 3. The van der Waals surface area contributed by atoms with Crippen LogP contribution in [0.3, 0.4) is 0 Å². The number of hydrogen-bond donors (Lipinski definition) is 1. The lowest BCUT2D eigenvalue weighted by Gasteiger charge is -2.07. The SMILES string of the molecule is OCOc1ccc2cc(-n3ccc4ccncc43)ncc2c1. The summed E-state index contributed by atoms with van der Waals surface area (Å²) in [4.78, 5) is 8.69. The first-order chi connectivity index (χ1) is 10.8. The van der Waals surface area contributed by atoms with Crippen molar-refractivity contribution in [3.63, 3.8) is 0 Å². The fraction of sp³-hybridized carbons (Fsp3) is 0.0588. The fourth-order valence-corrected chi connectivity index (χ4v) is 2.58. The van der Waals surface area contributed by atoms with Crippen LogP contribution in [0.2, 0.25) is 0 Å². The molecule has 0 spiro atoms. The first kappa shape index (κ1) is 12.8. The Morgan fingerprint density at radius 1 is 1.00 bits per heavy atom. The van der Waals surface area contributed by atoms with Crippen molar-refractivity contribution in [2.24, 2.45) is 0 Å². The maximum atomic E-state index is 8.81. The molecule has 0 amide bonds. The highest BCUT2D eigenvalue weighted by Gasteiger charge is 2.06. The van der Waals surface area contributed by atoms with Gasteiger partial charge >= 0.3 is 0 Å². The molecule has 5 heteroatoms. The molecule has 0 atom stereocenters. The van der Waals surface area contributed by atoms with Gasteiger partial charge in [0.2, 0.25) is 0 Å². The molecule has 108 valence electrons. The second-order valence-electron chi connectivity index (χ2n) is 4.95. The molecule has 0 saturated heterocycles. The van der Waals surface area contributed by atoms with Gasteiger partial charge in [0.05, 0.1) is 11.7 Å². The molecule has 3 aromatic heterocycles. The quantitative estimate of drug-likeness (QED) is 0.590. The van der Waals surface area contributed by atoms with Gasteiger partial charge in [0.25, 0.3) is 0 Å². The molecule has 0 radical (unpaired) electrons. The van der Waals surface area contributed by atoms with Gasteiger partial charge in [0, 0.05) is 29.4 Å². The minimum atomic E-state index is -0.334. The fourth-order valence-electron chi connectivity index (χ4n) is 2.58. The maximum Gasteiger partial charge on any atom is 0.186 e. The highest BCUT2D eigenvalue weighted by atomic mass is 16.6. The van der Waals surface area contributed by atoms with Crippen molar-refractivity contribution in [2.75, 3.05) is 6.79 Å². The lowest BCUT2D eigenvalue weighted by molar-refractivity contribution is 0.0987. The van der Waals surface area contributed by atoms with E-state index in [4.69, 9.17) is 9.84 Å². The van der Waals surface area contributed by atoms with Crippen molar-refractivity contribution in [1.82, 2.24) is 14.5 Å². The minimum Gasteiger partial charge on any atom is -0.468 e. The second-order valence-corrected chi connectivity index (χ2v) is 4.95. The normalized spacial score (nSPS) is 11.1. The zero-order valence-electron chi connectivity index (χ0n) is 11.7. The third kappa shape index (κ3) is 2.08. The van der Waals surface area contributed by atoms with E-state index in [1.54, 1.807) is 12.4 Å². The standard InChI is InChI=1S/C17H13N3O2/c21-11-22-15-2-1-13-8-17(19-9-14(13)7-15)20-6-4-12-3-5-18-10-16(12)20/h1-10,21H,11H2. The topological polar surface area (TPSA) is 60.2 Å². The Hall–Kier alpha value is -2.92. The van der Waals surface area contributed by atoms with Gasteiger partial charge in [-0.3, -0.25) is 9.55 Å². The third-order valence-electron chi connectivity index (χ3n) is 3.65. The molecule has 0 bridgehead atoms. The van der Waals surface area contributed by atoms with Crippen molar-refractivity contribution in [1.29, 1.82) is 0 Å². The van der Waals surface area contributed by atoms with Crippen LogP contribution in [0.4, 0.5) is 0 Å². The van der Waals surface area contributed by atoms with E-state index in [1.807, 2.05) is 53.4 Å². The Balaban J connectivity index is 1.84. The summed E-state index contributed by atoms with van der Waals surface area (Å²) in [5.74, 6) is 1.46. The zero-order valence-corrected chi connectivity index (χ0v) is 11.7. The highest BCUT2D eigenvalue weighted by Crippen LogP contribution is 2.24. The predicted molar refractivity (Wildman–Crippen MR) is 84.1 cm³/mol. The molecule has 1 N–H and O–H groups in total. The van der Waals surface area contributed by atoms with E-state index >= 15 is 0 Å². The van der Waals surface area contributed by atoms with Gasteiger partial charge in [-0.15, -0.1) is 0 Å². The third-order valence-corrected chi connectivity index (χ3v) is 3.65. The maximum absolute atomic E-state index is 8.81. The molecule has 5 nitrogen and oxygen atoms in total. The largest absolute Gasteiger partial charge is 0.468 e. The Morgan fingerprint density at radius 2 is 1.95 bits per heavy atom. The minimum absolute atomic E-state index is 0.334. The van der Waals surface area contributed by atoms with Crippen molar-refractivity contribution in [3.05, 3.63) is 61.2 Å². The van der Waals surface area contributed by atoms with Crippen molar-refractivity contribution >= 4 is 21.7 Å². The van der Waals surface area contributed by atoms with Crippen LogP contribution >= 0.6 is 0 Å². The Morgan fingerprint density at radius 3 is 2.86 bits per heavy atom. The van der Waals surface area contributed by atoms with E-state index in [1.165, 1.54) is 0 Å². The van der Waals surface area contributed by atoms with Gasteiger partial charge in [0.1, 0.15) is 11.6 Å². The summed E-state index contributed by atoms with van der Waals surface area (Å²) in [7, 11) is 0. The van der Waals surface area contributed by atoms with Crippen LogP contribution in [0.15, 0.2) is 61.2 Å². The molecular formula is C17H13N3O2. The van der Waals surface area contributed by atoms with Crippen LogP contribution in [0.5, 0.6) is 5.75 Å². The van der Waals surface area contributed by atoms with E-state index < -0.39 is 0 Å². The zero-order chi connectivity index (χ0) is 14.9. The number of hydrogen-bond acceptors (Lipinski definition) is 4. The lowest BCUT2D eigenvalue weighted by Crippen LogP contribution is -1.97. The number of fused-ring (bicyclic) bond motifs is 2. The number of ether oxygens (including phenoxy) is 1. The molecule has 22 heavy (non-hydrogen) atoms. The molecule has 0 aliphatic heterocycles. The average molecular weight is 291 g/mol. The molecule has 0 saturated carbocycles. The van der Waals surface area contributed by atoms with Crippen LogP contribution < -0.4 is 4.74 Å². The molecular weight excluding hydrogens is 278 g/mol. The van der Waals surface area contributed by atoms with Gasteiger partial charge in [0.15, 0.2) is 6.79 Å². The Bertz CT molecular complexity index is 962. The summed E-state index contributed by atoms with van der Waals surface area (Å²) in [6.07, 6.45) is 7.41. The van der Waals surface area contributed by atoms with Gasteiger partial charge in [-0.2, -0.15) is 0 Å². The monoisotopic (exact) mass is 291 g/mol. The van der Waals surface area contributed by atoms with Gasteiger partial charge < -0.3 is 9.84 Å². The summed E-state index contributed by atoms with van der Waals surface area (Å²) in [5, 5.41) is 12.0. The number of aliphatic hydroxyl groups excluding tert-OH is 1. The summed E-state index contributed by atoms with van der Waals surface area (Å²) < 4.78 is 7.10. The van der Waals surface area contributed by atoms with Gasteiger partial charge in [-0.05, 0) is 35.7 Å². The highest BCUT2D eigenvalue weighted by molar-refractivity contribution is 5.86. The van der Waals surface area contributed by atoms with E-state index in [9.17, 15) is 0 Å². The number of nitrogens with zero attached hydrogens (tertiary/aromatic N) is 3. The predicted octanol–water partition coefficient (Wildman–Crippen LogP) is 2.90. The van der Waals surface area contributed by atoms with Crippen LogP contribution in [0.25, 0.3) is 27.5 Å². The number of benzene rings is 1. The van der Waals surface area contributed by atoms with Gasteiger partial charge in [-0.25, -0.2) is 4.98 Å². The van der Waals surface area contributed by atoms with E-state index in [-0.39, 0.29) is 6.79 Å². The second kappa shape index (κ2) is 5.13. The molecule has 3 heterocycles. The van der Waals surface area contributed by atoms with Crippen LogP contribution in [-0.4, -0.2) is 26.4 Å². The number of pyridine rings is 2. The van der Waals surface area contributed by atoms with Crippen molar-refractivity contribution in [2.45, 2.75) is 0 Å². The average Bonchev–Trinajstić information content (AvgIpc) is 2.99. The molecule has 4 aromatic rings. The first-order valence-electron chi connectivity index (χ1n) is 6.90. The number of aliphatic hydroxyl groups is 1. The Kier molecular flexibility index (Phi) is 2.98. The smallest absolute Gasteiger partial charge is 0.186 e. The van der Waals surface area contributed by atoms with E-state index in [0.29, 0.717) is 5.75 Å². The molecule has 0 unspecified atom stereocenters. The molecule has 0 aliphatic carbocycles. The number of aromatic nitrogens is 3. The van der Waals surface area contributed by atoms with Crippen molar-refractivity contribution < 1.29 is 9.84 Å².